The Kier molecular flexibility index (Phi) is 4.66. The summed E-state index contributed by atoms with van der Waals surface area (Å²) in [5.41, 5.74) is -0.0753. The molecule has 0 heterocycles. The minimum absolute atomic E-state index is 0.0485. The molecule has 0 fully saturated rings. The van der Waals surface area contributed by atoms with Gasteiger partial charge in [0, 0.05) is 13.1 Å². The molecule has 3 nitrogen and oxygen atoms in total. The molecule has 0 spiro atoms. The van der Waals surface area contributed by atoms with Gasteiger partial charge in [0.15, 0.2) is 0 Å². The number of alkyl halides is 3. The van der Waals surface area contributed by atoms with E-state index in [1.54, 1.807) is 0 Å². The highest BCUT2D eigenvalue weighted by Crippen LogP contribution is 2.18. The fourth-order valence-corrected chi connectivity index (χ4v) is 1.30. The van der Waals surface area contributed by atoms with Crippen LogP contribution in [0.3, 0.4) is 0 Å². The zero-order chi connectivity index (χ0) is 13.8. The number of hydrogen-bond donors (Lipinski definition) is 2. The van der Waals surface area contributed by atoms with Crippen molar-refractivity contribution in [3.05, 3.63) is 35.1 Å². The van der Waals surface area contributed by atoms with Crippen LogP contribution in [0.25, 0.3) is 0 Å². The number of aromatic carboxylic acids is 1. The Labute approximate surface area is 100 Å². The number of hydrogen-bond acceptors (Lipinski definition) is 2. The van der Waals surface area contributed by atoms with Crippen molar-refractivity contribution in [2.75, 3.05) is 6.54 Å². The second kappa shape index (κ2) is 5.81. The highest BCUT2D eigenvalue weighted by molar-refractivity contribution is 5.87. The molecule has 0 saturated heterocycles. The van der Waals surface area contributed by atoms with Gasteiger partial charge < -0.3 is 10.4 Å². The number of rotatable bonds is 5. The number of carboxylic acid groups (broad SMARTS) is 1. The molecule has 0 bridgehead atoms. The maximum absolute atomic E-state index is 13.2. The Hall–Kier alpha value is -1.63. The third-order valence-electron chi connectivity index (χ3n) is 2.18. The molecule has 18 heavy (non-hydrogen) atoms. The lowest BCUT2D eigenvalue weighted by atomic mass is 10.1. The minimum Gasteiger partial charge on any atom is -0.478 e. The zero-order valence-corrected chi connectivity index (χ0v) is 9.22. The highest BCUT2D eigenvalue weighted by atomic mass is 19.4. The van der Waals surface area contributed by atoms with E-state index in [2.05, 4.69) is 5.32 Å². The van der Waals surface area contributed by atoms with E-state index in [4.69, 9.17) is 5.11 Å². The van der Waals surface area contributed by atoms with Crippen molar-refractivity contribution in [1.29, 1.82) is 0 Å². The largest absolute Gasteiger partial charge is 0.478 e. The van der Waals surface area contributed by atoms with E-state index >= 15 is 0 Å². The van der Waals surface area contributed by atoms with Crippen molar-refractivity contribution in [2.24, 2.45) is 0 Å². The third kappa shape index (κ3) is 4.70. The number of benzene rings is 1. The molecule has 0 aliphatic carbocycles. The Bertz CT molecular complexity index is 432. The molecule has 0 aliphatic rings. The standard InChI is InChI=1S/C11H11F4NO2/c12-9-5-7(1-2-8(9)10(17)18)6-16-4-3-11(13,14)15/h1-2,5,16H,3-4,6H2,(H,17,18). The molecular formula is C11H11F4NO2. The molecule has 1 rings (SSSR count). The molecule has 0 atom stereocenters. The molecule has 0 radical (unpaired) electrons. The monoisotopic (exact) mass is 265 g/mol. The first kappa shape index (κ1) is 14.4. The molecular weight excluding hydrogens is 254 g/mol. The molecule has 1 aromatic carbocycles. The normalized spacial score (nSPS) is 11.6. The van der Waals surface area contributed by atoms with Crippen LogP contribution in [0.4, 0.5) is 17.6 Å². The van der Waals surface area contributed by atoms with E-state index in [-0.39, 0.29) is 13.1 Å². The maximum atomic E-state index is 13.2. The average molecular weight is 265 g/mol. The van der Waals surface area contributed by atoms with Gasteiger partial charge in [0.05, 0.1) is 12.0 Å². The van der Waals surface area contributed by atoms with Crippen LogP contribution in [-0.2, 0) is 6.54 Å². The molecule has 0 aliphatic heterocycles. The molecule has 0 aromatic heterocycles. The Morgan fingerprint density at radius 3 is 2.50 bits per heavy atom. The summed E-state index contributed by atoms with van der Waals surface area (Å²) in [7, 11) is 0. The number of carbonyl (C=O) groups is 1. The van der Waals surface area contributed by atoms with Gasteiger partial charge in [0.2, 0.25) is 0 Å². The Balaban J connectivity index is 2.49. The van der Waals surface area contributed by atoms with Crippen molar-refractivity contribution in [3.63, 3.8) is 0 Å². The molecule has 2 N–H and O–H groups in total. The van der Waals surface area contributed by atoms with Gasteiger partial charge in [-0.05, 0) is 17.7 Å². The summed E-state index contributed by atoms with van der Waals surface area (Å²) in [5, 5.41) is 11.1. The van der Waals surface area contributed by atoms with Crippen LogP contribution < -0.4 is 5.32 Å². The summed E-state index contributed by atoms with van der Waals surface area (Å²) >= 11 is 0. The first-order valence-corrected chi connectivity index (χ1v) is 5.09. The van der Waals surface area contributed by atoms with Crippen molar-refractivity contribution < 1.29 is 27.5 Å². The van der Waals surface area contributed by atoms with E-state index in [0.717, 1.165) is 12.1 Å². The summed E-state index contributed by atoms with van der Waals surface area (Å²) in [6.45, 7) is -0.224. The van der Waals surface area contributed by atoms with Crippen molar-refractivity contribution in [1.82, 2.24) is 5.32 Å². The van der Waals surface area contributed by atoms with Crippen LogP contribution in [-0.4, -0.2) is 23.8 Å². The van der Waals surface area contributed by atoms with E-state index < -0.39 is 29.9 Å². The third-order valence-corrected chi connectivity index (χ3v) is 2.18. The fraction of sp³-hybridized carbons (Fsp3) is 0.364. The van der Waals surface area contributed by atoms with Gasteiger partial charge in [0.1, 0.15) is 5.82 Å². The van der Waals surface area contributed by atoms with Crippen LogP contribution in [0.2, 0.25) is 0 Å². The molecule has 0 saturated carbocycles. The van der Waals surface area contributed by atoms with Crippen molar-refractivity contribution in [2.45, 2.75) is 19.1 Å². The minimum atomic E-state index is -4.23. The second-order valence-electron chi connectivity index (χ2n) is 3.66. The van der Waals surface area contributed by atoms with E-state index in [9.17, 15) is 22.4 Å². The highest BCUT2D eigenvalue weighted by Gasteiger charge is 2.25. The summed E-state index contributed by atoms with van der Waals surface area (Å²) in [6.07, 6.45) is -5.20. The number of halogens is 4. The van der Waals surface area contributed by atoms with E-state index in [1.165, 1.54) is 6.07 Å². The van der Waals surface area contributed by atoms with Crippen LogP contribution in [0.15, 0.2) is 18.2 Å². The topological polar surface area (TPSA) is 49.3 Å². The molecule has 0 amide bonds. The predicted molar refractivity (Wildman–Crippen MR) is 55.7 cm³/mol. The summed E-state index contributed by atoms with van der Waals surface area (Å²) in [6, 6.07) is 3.43. The average Bonchev–Trinajstić information content (AvgIpc) is 2.22. The fourth-order valence-electron chi connectivity index (χ4n) is 1.30. The first-order valence-electron chi connectivity index (χ1n) is 5.09. The maximum Gasteiger partial charge on any atom is 0.390 e. The van der Waals surface area contributed by atoms with Crippen LogP contribution in [0.1, 0.15) is 22.3 Å². The molecule has 0 unspecified atom stereocenters. The van der Waals surface area contributed by atoms with Gasteiger partial charge in [-0.25, -0.2) is 9.18 Å². The lowest BCUT2D eigenvalue weighted by Crippen LogP contribution is -2.21. The molecule has 1 aromatic rings. The van der Waals surface area contributed by atoms with Crippen molar-refractivity contribution >= 4 is 5.97 Å². The van der Waals surface area contributed by atoms with E-state index in [1.807, 2.05) is 0 Å². The smallest absolute Gasteiger partial charge is 0.390 e. The van der Waals surface area contributed by atoms with Crippen LogP contribution >= 0.6 is 0 Å². The first-order chi connectivity index (χ1) is 8.29. The lowest BCUT2D eigenvalue weighted by molar-refractivity contribution is -0.133. The lowest BCUT2D eigenvalue weighted by Gasteiger charge is -2.08. The summed E-state index contributed by atoms with van der Waals surface area (Å²) < 4.78 is 48.7. The van der Waals surface area contributed by atoms with Gasteiger partial charge in [-0.3, -0.25) is 0 Å². The van der Waals surface area contributed by atoms with E-state index in [0.29, 0.717) is 5.56 Å². The molecule has 7 heteroatoms. The molecule has 100 valence electrons. The summed E-state index contributed by atoms with van der Waals surface area (Å²) in [4.78, 5) is 10.5. The Morgan fingerprint density at radius 2 is 2.00 bits per heavy atom. The van der Waals surface area contributed by atoms with Gasteiger partial charge in [-0.15, -0.1) is 0 Å². The van der Waals surface area contributed by atoms with Crippen LogP contribution in [0, 0.1) is 5.82 Å². The Morgan fingerprint density at radius 1 is 1.33 bits per heavy atom. The van der Waals surface area contributed by atoms with Crippen LogP contribution in [0.5, 0.6) is 0 Å². The van der Waals surface area contributed by atoms with Gasteiger partial charge >= 0.3 is 12.1 Å². The number of nitrogens with one attached hydrogen (secondary N) is 1. The van der Waals surface area contributed by atoms with Gasteiger partial charge in [0.25, 0.3) is 0 Å². The van der Waals surface area contributed by atoms with Gasteiger partial charge in [-0.2, -0.15) is 13.2 Å². The van der Waals surface area contributed by atoms with Gasteiger partial charge in [-0.1, -0.05) is 6.07 Å². The predicted octanol–water partition coefficient (Wildman–Crippen LogP) is 2.57. The SMILES string of the molecule is O=C(O)c1ccc(CNCCC(F)(F)F)cc1F. The summed E-state index contributed by atoms with van der Waals surface area (Å²) in [5.74, 6) is -2.29. The number of carboxylic acids is 1. The quantitative estimate of drug-likeness (QED) is 0.635. The zero-order valence-electron chi connectivity index (χ0n) is 9.22. The van der Waals surface area contributed by atoms with Crippen molar-refractivity contribution in [3.8, 4) is 0 Å². The second-order valence-corrected chi connectivity index (χ2v) is 3.66.